The Bertz CT molecular complexity index is 659. The van der Waals surface area contributed by atoms with Crippen molar-refractivity contribution in [3.05, 3.63) is 35.4 Å². The van der Waals surface area contributed by atoms with Gasteiger partial charge >= 0.3 is 6.03 Å². The summed E-state index contributed by atoms with van der Waals surface area (Å²) in [5.41, 5.74) is 2.44. The predicted molar refractivity (Wildman–Crippen MR) is 91.2 cm³/mol. The number of urea groups is 1. The molecule has 2 aliphatic heterocycles. The Morgan fingerprint density at radius 1 is 1.26 bits per heavy atom. The summed E-state index contributed by atoms with van der Waals surface area (Å²) in [5, 5.41) is 3.21. The Balaban J connectivity index is 1.77. The maximum Gasteiger partial charge on any atom is 0.325 e. The molecule has 0 bridgehead atoms. The smallest absolute Gasteiger partial charge is 0.325 e. The highest BCUT2D eigenvalue weighted by atomic mass is 32.2. The van der Waals surface area contributed by atoms with Gasteiger partial charge in [0.15, 0.2) is 17.4 Å². The van der Waals surface area contributed by atoms with Crippen LogP contribution in [0.4, 0.5) is 4.79 Å². The molecular formula is C16H20N4O2S. The fraction of sp³-hybridized carbons (Fsp3) is 0.438. The van der Waals surface area contributed by atoms with Crippen molar-refractivity contribution in [1.82, 2.24) is 15.1 Å². The fourth-order valence-electron chi connectivity index (χ4n) is 2.79. The Labute approximate surface area is 139 Å². The lowest BCUT2D eigenvalue weighted by molar-refractivity contribution is -0.127. The zero-order chi connectivity index (χ0) is 16.6. The molecule has 23 heavy (non-hydrogen) atoms. The van der Waals surface area contributed by atoms with E-state index in [1.165, 1.54) is 16.0 Å². The second-order valence-corrected chi connectivity index (χ2v) is 6.68. The Kier molecular flexibility index (Phi) is 4.30. The predicted octanol–water partition coefficient (Wildman–Crippen LogP) is 1.80. The number of rotatable bonds is 3. The minimum absolute atomic E-state index is 0.269. The minimum atomic E-state index is -0.434. The summed E-state index contributed by atoms with van der Waals surface area (Å²) in [6.07, 6.45) is -0.434. The largest absolute Gasteiger partial charge is 0.336 e. The molecule has 1 aromatic rings. The van der Waals surface area contributed by atoms with E-state index in [0.29, 0.717) is 6.54 Å². The van der Waals surface area contributed by atoms with Crippen LogP contribution in [0, 0.1) is 6.92 Å². The van der Waals surface area contributed by atoms with Crippen LogP contribution < -0.4 is 5.32 Å². The van der Waals surface area contributed by atoms with Crippen LogP contribution in [0.25, 0.3) is 0 Å². The van der Waals surface area contributed by atoms with Crippen molar-refractivity contribution in [2.75, 3.05) is 13.6 Å². The first-order valence-electron chi connectivity index (χ1n) is 7.61. The molecule has 2 aliphatic rings. The summed E-state index contributed by atoms with van der Waals surface area (Å²) in [6.45, 7) is 4.73. The third kappa shape index (κ3) is 2.93. The van der Waals surface area contributed by atoms with Crippen molar-refractivity contribution < 1.29 is 9.59 Å². The molecule has 2 heterocycles. The van der Waals surface area contributed by atoms with Crippen LogP contribution in [0.2, 0.25) is 0 Å². The molecule has 7 heteroatoms. The number of imide groups is 1. The number of fused-ring (bicyclic) bond motifs is 1. The molecule has 0 spiro atoms. The van der Waals surface area contributed by atoms with Gasteiger partial charge in [0.1, 0.15) is 0 Å². The molecule has 1 saturated heterocycles. The minimum Gasteiger partial charge on any atom is -0.336 e. The lowest BCUT2D eigenvalue weighted by Gasteiger charge is -2.35. The Morgan fingerprint density at radius 2 is 1.96 bits per heavy atom. The van der Waals surface area contributed by atoms with E-state index in [-0.39, 0.29) is 11.9 Å². The molecule has 1 N–H and O–H groups in total. The second-order valence-electron chi connectivity index (χ2n) is 5.74. The Morgan fingerprint density at radius 3 is 2.61 bits per heavy atom. The lowest BCUT2D eigenvalue weighted by Crippen LogP contribution is -2.63. The van der Waals surface area contributed by atoms with E-state index in [1.807, 2.05) is 11.8 Å². The van der Waals surface area contributed by atoms with Gasteiger partial charge in [-0.15, -0.1) is 0 Å². The summed E-state index contributed by atoms with van der Waals surface area (Å²) in [7, 11) is 1.67. The Hall–Kier alpha value is -2.02. The van der Waals surface area contributed by atoms with E-state index in [0.717, 1.165) is 10.9 Å². The number of hydrogen-bond acceptors (Lipinski definition) is 5. The molecule has 0 saturated carbocycles. The van der Waals surface area contributed by atoms with Crippen molar-refractivity contribution in [3.63, 3.8) is 0 Å². The highest BCUT2D eigenvalue weighted by Crippen LogP contribution is 2.29. The lowest BCUT2D eigenvalue weighted by atomic mass is 10.1. The highest BCUT2D eigenvalue weighted by molar-refractivity contribution is 8.13. The third-order valence-electron chi connectivity index (χ3n) is 4.15. The summed E-state index contributed by atoms with van der Waals surface area (Å²) in [6, 6.07) is 7.56. The molecule has 0 aromatic heterocycles. The van der Waals surface area contributed by atoms with Gasteiger partial charge in [0.25, 0.3) is 5.91 Å². The number of amidine groups is 1. The van der Waals surface area contributed by atoms with E-state index in [4.69, 9.17) is 0 Å². The number of aryl methyl sites for hydroxylation is 1. The van der Waals surface area contributed by atoms with Crippen LogP contribution in [0.3, 0.4) is 0 Å². The first kappa shape index (κ1) is 15.9. The number of carbonyl (C=O) groups excluding carboxylic acids is 2. The monoisotopic (exact) mass is 332 g/mol. The number of benzene rings is 1. The topological polar surface area (TPSA) is 65.0 Å². The van der Waals surface area contributed by atoms with Gasteiger partial charge in [-0.3, -0.25) is 10.1 Å². The average Bonchev–Trinajstić information content (AvgIpc) is 2.91. The van der Waals surface area contributed by atoms with Crippen LogP contribution in [0.5, 0.6) is 0 Å². The first-order valence-corrected chi connectivity index (χ1v) is 8.60. The summed E-state index contributed by atoms with van der Waals surface area (Å²) < 4.78 is 0. The van der Waals surface area contributed by atoms with Crippen LogP contribution in [-0.4, -0.2) is 52.7 Å². The molecule has 0 radical (unpaired) electrons. The number of thioether (sulfide) groups is 1. The van der Waals surface area contributed by atoms with Crippen molar-refractivity contribution in [2.45, 2.75) is 31.8 Å². The number of likely N-dealkylation sites (N-methyl/N-ethyl adjacent to an activating group) is 2. The van der Waals surface area contributed by atoms with Crippen molar-refractivity contribution >= 4 is 28.9 Å². The summed E-state index contributed by atoms with van der Waals surface area (Å²) >= 11 is 1.60. The number of hydrogen-bond donors (Lipinski definition) is 1. The number of amides is 3. The number of carbonyl (C=O) groups is 2. The second kappa shape index (κ2) is 6.23. The van der Waals surface area contributed by atoms with E-state index in [2.05, 4.69) is 41.5 Å². The molecule has 1 aromatic carbocycles. The molecule has 1 fully saturated rings. The van der Waals surface area contributed by atoms with E-state index < -0.39 is 12.2 Å². The molecule has 3 amide bonds. The molecule has 2 unspecified atom stereocenters. The number of nitrogens with one attached hydrogen (secondary N) is 1. The average molecular weight is 332 g/mol. The van der Waals surface area contributed by atoms with Crippen molar-refractivity contribution in [1.29, 1.82) is 0 Å². The van der Waals surface area contributed by atoms with Crippen molar-refractivity contribution in [3.8, 4) is 0 Å². The van der Waals surface area contributed by atoms with Gasteiger partial charge in [0.2, 0.25) is 0 Å². The molecule has 6 nitrogen and oxygen atoms in total. The van der Waals surface area contributed by atoms with Gasteiger partial charge < -0.3 is 9.80 Å². The third-order valence-corrected chi connectivity index (χ3v) is 5.23. The number of aliphatic imine (C=N–C) groups is 1. The zero-order valence-corrected chi connectivity index (χ0v) is 14.3. The maximum atomic E-state index is 12.2. The van der Waals surface area contributed by atoms with E-state index in [9.17, 15) is 9.59 Å². The standard InChI is InChI=1S/C16H20N4O2S/c1-4-20-12-13(19(3)15(22)18-14(12)21)17-16(20)23-9-11-7-5-10(2)6-8-11/h5-8,12-13H,4,9H2,1-3H3,(H,18,21,22). The van der Waals surface area contributed by atoms with Crippen LogP contribution in [0.15, 0.2) is 29.3 Å². The maximum absolute atomic E-state index is 12.2. The van der Waals surface area contributed by atoms with Gasteiger partial charge in [-0.2, -0.15) is 0 Å². The molecule has 0 aliphatic carbocycles. The van der Waals surface area contributed by atoms with Gasteiger partial charge in [-0.1, -0.05) is 41.6 Å². The summed E-state index contributed by atoms with van der Waals surface area (Å²) in [5.74, 6) is 0.517. The van der Waals surface area contributed by atoms with Crippen LogP contribution >= 0.6 is 11.8 Å². The quantitative estimate of drug-likeness (QED) is 0.917. The fourth-order valence-corrected chi connectivity index (χ4v) is 3.86. The van der Waals surface area contributed by atoms with Crippen LogP contribution in [0.1, 0.15) is 18.1 Å². The number of nitrogens with zero attached hydrogens (tertiary/aromatic N) is 3. The van der Waals surface area contributed by atoms with Crippen molar-refractivity contribution in [2.24, 2.45) is 4.99 Å². The summed E-state index contributed by atoms with van der Waals surface area (Å²) in [4.78, 5) is 32.0. The van der Waals surface area contributed by atoms with Gasteiger partial charge in [0, 0.05) is 19.3 Å². The first-order chi connectivity index (χ1) is 11.0. The molecule has 122 valence electrons. The van der Waals surface area contributed by atoms with E-state index >= 15 is 0 Å². The van der Waals surface area contributed by atoms with Crippen LogP contribution in [-0.2, 0) is 10.5 Å². The SMILES string of the molecule is CCN1C(SCc2ccc(C)cc2)=NC2C1C(=O)NC(=O)N2C. The van der Waals surface area contributed by atoms with Gasteiger partial charge in [0.05, 0.1) is 0 Å². The molecule has 3 rings (SSSR count). The highest BCUT2D eigenvalue weighted by Gasteiger charge is 2.47. The van der Waals surface area contributed by atoms with Gasteiger partial charge in [-0.25, -0.2) is 9.79 Å². The molecular weight excluding hydrogens is 312 g/mol. The van der Waals surface area contributed by atoms with Gasteiger partial charge in [-0.05, 0) is 19.4 Å². The zero-order valence-electron chi connectivity index (χ0n) is 13.4. The van der Waals surface area contributed by atoms with E-state index in [1.54, 1.807) is 18.8 Å². The molecule has 2 atom stereocenters. The normalized spacial score (nSPS) is 23.7.